The van der Waals surface area contributed by atoms with Gasteiger partial charge in [0.15, 0.2) is 0 Å². The number of hydrogen-bond acceptors (Lipinski definition) is 5. The number of carbonyl (C=O) groups is 3. The molecule has 3 rings (SSSR count). The summed E-state index contributed by atoms with van der Waals surface area (Å²) >= 11 is 1.71. The lowest BCUT2D eigenvalue weighted by atomic mass is 9.84. The highest BCUT2D eigenvalue weighted by Gasteiger charge is 2.36. The second kappa shape index (κ2) is 9.56. The van der Waals surface area contributed by atoms with Gasteiger partial charge in [0.25, 0.3) is 0 Å². The maximum absolute atomic E-state index is 12.2. The van der Waals surface area contributed by atoms with Crippen LogP contribution < -0.4 is 20.7 Å². The average Bonchev–Trinajstić information content (AvgIpc) is 3.43. The molecule has 3 N–H and O–H groups in total. The minimum Gasteiger partial charge on any atom is -0.497 e. The largest absolute Gasteiger partial charge is 0.497 e. The summed E-state index contributed by atoms with van der Waals surface area (Å²) in [5.41, 5.74) is 0.422. The molecule has 7 nitrogen and oxygen atoms in total. The lowest BCUT2D eigenvalue weighted by Crippen LogP contribution is -2.45. The first-order chi connectivity index (χ1) is 14.0. The van der Waals surface area contributed by atoms with Crippen molar-refractivity contribution in [3.63, 3.8) is 0 Å². The first-order valence-electron chi connectivity index (χ1n) is 9.56. The summed E-state index contributed by atoms with van der Waals surface area (Å²) in [6.45, 7) is 0.295. The molecule has 0 radical (unpaired) electrons. The normalized spacial score (nSPS) is 14.8. The molecule has 0 aliphatic heterocycles. The van der Waals surface area contributed by atoms with E-state index in [0.29, 0.717) is 18.0 Å². The smallest absolute Gasteiger partial charge is 0.313 e. The number of thiophene rings is 1. The van der Waals surface area contributed by atoms with Gasteiger partial charge in [-0.15, -0.1) is 11.3 Å². The van der Waals surface area contributed by atoms with Gasteiger partial charge in [-0.05, 0) is 36.4 Å². The molecular formula is C21H25N3O4S. The summed E-state index contributed by atoms with van der Waals surface area (Å²) < 4.78 is 5.08. The summed E-state index contributed by atoms with van der Waals surface area (Å²) in [7, 11) is 1.51. The molecule has 3 amide bonds. The predicted molar refractivity (Wildman–Crippen MR) is 112 cm³/mol. The number of anilines is 1. The van der Waals surface area contributed by atoms with E-state index in [-0.39, 0.29) is 17.9 Å². The summed E-state index contributed by atoms with van der Waals surface area (Å²) in [5.74, 6) is -1.45. The molecule has 0 unspecified atom stereocenters. The molecule has 0 spiro atoms. The lowest BCUT2D eigenvalue weighted by Gasteiger charge is -2.28. The Bertz CT molecular complexity index is 861. The van der Waals surface area contributed by atoms with E-state index in [4.69, 9.17) is 4.74 Å². The number of nitrogens with one attached hydrogen (secondary N) is 3. The van der Waals surface area contributed by atoms with E-state index in [2.05, 4.69) is 27.4 Å². The Balaban J connectivity index is 1.46. The van der Waals surface area contributed by atoms with Crippen LogP contribution in [0.1, 0.15) is 30.6 Å². The van der Waals surface area contributed by atoms with E-state index in [9.17, 15) is 14.4 Å². The van der Waals surface area contributed by atoms with Crippen LogP contribution in [-0.2, 0) is 19.8 Å². The van der Waals surface area contributed by atoms with Gasteiger partial charge in [0.05, 0.1) is 13.7 Å². The van der Waals surface area contributed by atoms with Crippen molar-refractivity contribution in [1.82, 2.24) is 10.6 Å². The minimum atomic E-state index is -0.864. The van der Waals surface area contributed by atoms with E-state index >= 15 is 0 Å². The van der Waals surface area contributed by atoms with Gasteiger partial charge in [0, 0.05) is 28.6 Å². The van der Waals surface area contributed by atoms with E-state index < -0.39 is 11.8 Å². The molecule has 8 heteroatoms. The van der Waals surface area contributed by atoms with E-state index in [1.807, 2.05) is 6.07 Å². The van der Waals surface area contributed by atoms with Crippen LogP contribution in [0.25, 0.3) is 0 Å². The Morgan fingerprint density at radius 1 is 1.07 bits per heavy atom. The fraction of sp³-hybridized carbons (Fsp3) is 0.381. The first kappa shape index (κ1) is 20.9. The highest BCUT2D eigenvalue weighted by atomic mass is 32.1. The summed E-state index contributed by atoms with van der Waals surface area (Å²) in [5, 5.41) is 9.81. The molecule has 0 atom stereocenters. The maximum atomic E-state index is 12.2. The molecular weight excluding hydrogens is 390 g/mol. The fourth-order valence-corrected chi connectivity index (χ4v) is 4.59. The van der Waals surface area contributed by atoms with Crippen molar-refractivity contribution < 1.29 is 19.1 Å². The van der Waals surface area contributed by atoms with Gasteiger partial charge in [-0.2, -0.15) is 0 Å². The summed E-state index contributed by atoms with van der Waals surface area (Å²) in [4.78, 5) is 37.5. The first-order valence-corrected chi connectivity index (χ1v) is 10.4. The third-order valence-corrected chi connectivity index (χ3v) is 6.29. The molecule has 1 aromatic carbocycles. The van der Waals surface area contributed by atoms with Crippen molar-refractivity contribution in [1.29, 1.82) is 0 Å². The fourth-order valence-electron chi connectivity index (χ4n) is 3.60. The van der Waals surface area contributed by atoms with Gasteiger partial charge in [-0.25, -0.2) is 0 Å². The van der Waals surface area contributed by atoms with Crippen LogP contribution in [-0.4, -0.2) is 37.9 Å². The van der Waals surface area contributed by atoms with Crippen molar-refractivity contribution in [3.8, 4) is 5.75 Å². The summed E-state index contributed by atoms with van der Waals surface area (Å²) in [6.07, 6.45) is 4.39. The molecule has 1 heterocycles. The Morgan fingerprint density at radius 2 is 1.86 bits per heavy atom. The SMILES string of the molecule is COc1cccc(NC(=O)C(=O)NCC(=O)NCC2(c3cccs3)CCCC2)c1. The van der Waals surface area contributed by atoms with Gasteiger partial charge >= 0.3 is 11.8 Å². The molecule has 29 heavy (non-hydrogen) atoms. The third-order valence-electron chi connectivity index (χ3n) is 5.17. The zero-order valence-electron chi connectivity index (χ0n) is 16.3. The van der Waals surface area contributed by atoms with Crippen LogP contribution in [0.2, 0.25) is 0 Å². The highest BCUT2D eigenvalue weighted by molar-refractivity contribution is 7.10. The number of ether oxygens (including phenoxy) is 1. The Kier molecular flexibility index (Phi) is 6.87. The van der Waals surface area contributed by atoms with E-state index in [1.54, 1.807) is 35.6 Å². The number of rotatable bonds is 7. The number of amides is 3. The maximum Gasteiger partial charge on any atom is 0.313 e. The van der Waals surface area contributed by atoms with E-state index in [0.717, 1.165) is 25.7 Å². The quantitative estimate of drug-likeness (QED) is 0.605. The van der Waals surface area contributed by atoms with Crippen LogP contribution in [0.15, 0.2) is 41.8 Å². The molecule has 1 saturated carbocycles. The van der Waals surface area contributed by atoms with Crippen molar-refractivity contribution in [2.75, 3.05) is 25.5 Å². The van der Waals surface area contributed by atoms with Crippen LogP contribution in [0.4, 0.5) is 5.69 Å². The number of methoxy groups -OCH3 is 1. The van der Waals surface area contributed by atoms with Crippen molar-refractivity contribution in [2.24, 2.45) is 0 Å². The van der Waals surface area contributed by atoms with Crippen LogP contribution >= 0.6 is 11.3 Å². The highest BCUT2D eigenvalue weighted by Crippen LogP contribution is 2.42. The van der Waals surface area contributed by atoms with Crippen LogP contribution in [0, 0.1) is 0 Å². The molecule has 1 aliphatic carbocycles. The standard InChI is InChI=1S/C21H25N3O4S/c1-28-16-7-4-6-15(12-16)24-20(27)19(26)22-13-18(25)23-14-21(9-2-3-10-21)17-8-5-11-29-17/h4-8,11-12H,2-3,9-10,13-14H2,1H3,(H,22,26)(H,23,25)(H,24,27). The number of carbonyl (C=O) groups excluding carboxylic acids is 3. The molecule has 2 aromatic rings. The monoisotopic (exact) mass is 415 g/mol. The van der Waals surface area contributed by atoms with Gasteiger partial charge in [-0.3, -0.25) is 14.4 Å². The number of benzene rings is 1. The second-order valence-electron chi connectivity index (χ2n) is 7.11. The second-order valence-corrected chi connectivity index (χ2v) is 8.06. The van der Waals surface area contributed by atoms with Gasteiger partial charge in [0.2, 0.25) is 5.91 Å². The molecule has 1 aliphatic rings. The van der Waals surface area contributed by atoms with Crippen molar-refractivity contribution in [3.05, 3.63) is 46.7 Å². The molecule has 0 saturated heterocycles. The molecule has 1 aromatic heterocycles. The Morgan fingerprint density at radius 3 is 2.55 bits per heavy atom. The zero-order valence-corrected chi connectivity index (χ0v) is 17.1. The lowest BCUT2D eigenvalue weighted by molar-refractivity contribution is -0.136. The Labute approximate surface area is 173 Å². The third kappa shape index (κ3) is 5.35. The summed E-state index contributed by atoms with van der Waals surface area (Å²) in [6, 6.07) is 10.8. The van der Waals surface area contributed by atoms with Gasteiger partial charge in [-0.1, -0.05) is 25.0 Å². The molecule has 1 fully saturated rings. The van der Waals surface area contributed by atoms with Crippen molar-refractivity contribution in [2.45, 2.75) is 31.1 Å². The van der Waals surface area contributed by atoms with Gasteiger partial charge in [0.1, 0.15) is 5.75 Å². The predicted octanol–water partition coefficient (Wildman–Crippen LogP) is 2.44. The molecule has 0 bridgehead atoms. The van der Waals surface area contributed by atoms with Gasteiger partial charge < -0.3 is 20.7 Å². The van der Waals surface area contributed by atoms with E-state index in [1.165, 1.54) is 12.0 Å². The topological polar surface area (TPSA) is 96.5 Å². The Hall–Kier alpha value is -2.87. The zero-order chi connectivity index (χ0) is 20.7. The minimum absolute atomic E-state index is 0.0163. The van der Waals surface area contributed by atoms with Crippen LogP contribution in [0.5, 0.6) is 5.75 Å². The molecule has 154 valence electrons. The average molecular weight is 416 g/mol. The van der Waals surface area contributed by atoms with Crippen molar-refractivity contribution >= 4 is 34.7 Å². The number of hydrogen-bond donors (Lipinski definition) is 3. The van der Waals surface area contributed by atoms with Crippen LogP contribution in [0.3, 0.4) is 0 Å².